The molecule has 1 fully saturated rings. The third-order valence-corrected chi connectivity index (χ3v) is 4.55. The highest BCUT2D eigenvalue weighted by molar-refractivity contribution is 5.29. The smallest absolute Gasteiger partial charge is 0.0369 e. The van der Waals surface area contributed by atoms with Gasteiger partial charge < -0.3 is 10.3 Å². The lowest BCUT2D eigenvalue weighted by Gasteiger charge is -2.35. The quantitative estimate of drug-likeness (QED) is 0.843. The summed E-state index contributed by atoms with van der Waals surface area (Å²) in [6, 6.07) is 2.96. The lowest BCUT2D eigenvalue weighted by molar-refractivity contribution is 0.193. The lowest BCUT2D eigenvalue weighted by Crippen LogP contribution is -2.34. The van der Waals surface area contributed by atoms with Gasteiger partial charge in [-0.15, -0.1) is 0 Å². The Bertz CT molecular complexity index is 390. The van der Waals surface area contributed by atoms with Crippen LogP contribution in [0.2, 0.25) is 0 Å². The molecule has 2 unspecified atom stereocenters. The van der Waals surface area contributed by atoms with Crippen molar-refractivity contribution in [2.45, 2.75) is 31.7 Å². The van der Waals surface area contributed by atoms with Crippen LogP contribution in [0, 0.1) is 5.92 Å². The van der Waals surface area contributed by atoms with Gasteiger partial charge in [0.15, 0.2) is 0 Å². The third-order valence-electron chi connectivity index (χ3n) is 4.55. The maximum absolute atomic E-state index is 5.91. The Labute approximate surface area is 104 Å². The molecule has 0 saturated carbocycles. The molecular formula is C14H23N3. The molecular weight excluding hydrogens is 210 g/mol. The topological polar surface area (TPSA) is 34.2 Å². The Morgan fingerprint density at radius 3 is 2.82 bits per heavy atom. The van der Waals surface area contributed by atoms with E-state index in [1.165, 1.54) is 44.5 Å². The Morgan fingerprint density at radius 2 is 2.12 bits per heavy atom. The van der Waals surface area contributed by atoms with Crippen molar-refractivity contribution in [3.63, 3.8) is 0 Å². The van der Waals surface area contributed by atoms with Crippen molar-refractivity contribution in [1.82, 2.24) is 9.47 Å². The summed E-state index contributed by atoms with van der Waals surface area (Å²) in [4.78, 5) is 2.67. The van der Waals surface area contributed by atoms with Crippen LogP contribution < -0.4 is 5.73 Å². The van der Waals surface area contributed by atoms with Crippen LogP contribution in [0.4, 0.5) is 0 Å². The number of nitrogens with zero attached hydrogens (tertiary/aromatic N) is 2. The molecule has 0 aromatic carbocycles. The van der Waals surface area contributed by atoms with Crippen molar-refractivity contribution in [2.24, 2.45) is 18.7 Å². The molecule has 1 aliphatic heterocycles. The molecule has 0 amide bonds. The van der Waals surface area contributed by atoms with Crippen LogP contribution in [-0.2, 0) is 13.5 Å². The van der Waals surface area contributed by atoms with E-state index in [9.17, 15) is 0 Å². The predicted octanol–water partition coefficient (Wildman–Crippen LogP) is 1.68. The standard InChI is InChI=1S/C14H23N3/c1-16-7-4-12-13(16)8-11(10-15)9-14(12)17-5-2-3-6-17/h4,7,11,14H,2-3,5-6,8-10,15H2,1H3. The summed E-state index contributed by atoms with van der Waals surface area (Å²) in [5, 5.41) is 0. The number of hydrogen-bond donors (Lipinski definition) is 1. The largest absolute Gasteiger partial charge is 0.354 e. The SMILES string of the molecule is Cn1ccc2c1CC(CN)CC2N1CCCC1. The second-order valence-corrected chi connectivity index (χ2v) is 5.63. The van der Waals surface area contributed by atoms with Crippen molar-refractivity contribution in [1.29, 1.82) is 0 Å². The molecule has 17 heavy (non-hydrogen) atoms. The number of hydrogen-bond acceptors (Lipinski definition) is 2. The fraction of sp³-hybridized carbons (Fsp3) is 0.714. The summed E-state index contributed by atoms with van der Waals surface area (Å²) in [6.07, 6.45) is 7.37. The molecule has 1 aliphatic carbocycles. The minimum Gasteiger partial charge on any atom is -0.354 e. The van der Waals surface area contributed by atoms with E-state index < -0.39 is 0 Å². The summed E-state index contributed by atoms with van der Waals surface area (Å²) >= 11 is 0. The minimum atomic E-state index is 0.635. The van der Waals surface area contributed by atoms with Gasteiger partial charge in [-0.1, -0.05) is 0 Å². The van der Waals surface area contributed by atoms with Crippen LogP contribution in [0.1, 0.15) is 36.6 Å². The zero-order valence-electron chi connectivity index (χ0n) is 10.7. The monoisotopic (exact) mass is 233 g/mol. The van der Waals surface area contributed by atoms with Gasteiger partial charge in [-0.3, -0.25) is 4.90 Å². The summed E-state index contributed by atoms with van der Waals surface area (Å²) in [5.41, 5.74) is 9.00. The molecule has 0 spiro atoms. The number of fused-ring (bicyclic) bond motifs is 1. The Hall–Kier alpha value is -0.800. The fourth-order valence-corrected chi connectivity index (χ4v) is 3.53. The summed E-state index contributed by atoms with van der Waals surface area (Å²) in [7, 11) is 2.17. The summed E-state index contributed by atoms with van der Waals surface area (Å²) in [5.74, 6) is 0.668. The molecule has 2 atom stereocenters. The van der Waals surface area contributed by atoms with Gasteiger partial charge in [0.1, 0.15) is 0 Å². The van der Waals surface area contributed by atoms with Crippen LogP contribution in [0.3, 0.4) is 0 Å². The van der Waals surface area contributed by atoms with Crippen molar-refractivity contribution in [3.8, 4) is 0 Å². The van der Waals surface area contributed by atoms with Gasteiger partial charge in [-0.25, -0.2) is 0 Å². The summed E-state index contributed by atoms with van der Waals surface area (Å²) in [6.45, 7) is 3.38. The fourth-order valence-electron chi connectivity index (χ4n) is 3.53. The number of nitrogens with two attached hydrogens (primary N) is 1. The zero-order valence-corrected chi connectivity index (χ0v) is 10.7. The highest BCUT2D eigenvalue weighted by Gasteiger charge is 2.32. The molecule has 2 aliphatic rings. The van der Waals surface area contributed by atoms with Gasteiger partial charge in [0.25, 0.3) is 0 Å². The maximum atomic E-state index is 5.91. The highest BCUT2D eigenvalue weighted by Crippen LogP contribution is 2.38. The average Bonchev–Trinajstić information content (AvgIpc) is 2.98. The van der Waals surface area contributed by atoms with Gasteiger partial charge in [0, 0.05) is 25.0 Å². The van der Waals surface area contributed by atoms with E-state index in [1.54, 1.807) is 5.56 Å². The molecule has 0 radical (unpaired) electrons. The lowest BCUT2D eigenvalue weighted by atomic mass is 9.83. The first-order chi connectivity index (χ1) is 8.29. The maximum Gasteiger partial charge on any atom is 0.0369 e. The number of rotatable bonds is 2. The van der Waals surface area contributed by atoms with E-state index in [0.717, 1.165) is 6.54 Å². The first kappa shape index (κ1) is 11.3. The summed E-state index contributed by atoms with van der Waals surface area (Å²) < 4.78 is 2.29. The van der Waals surface area contributed by atoms with Gasteiger partial charge >= 0.3 is 0 Å². The van der Waals surface area contributed by atoms with Crippen LogP contribution in [-0.4, -0.2) is 29.1 Å². The van der Waals surface area contributed by atoms with Crippen molar-refractivity contribution in [2.75, 3.05) is 19.6 Å². The Morgan fingerprint density at radius 1 is 1.35 bits per heavy atom. The number of likely N-dealkylation sites (tertiary alicyclic amines) is 1. The second-order valence-electron chi connectivity index (χ2n) is 5.63. The van der Waals surface area contributed by atoms with E-state index in [1.807, 2.05) is 0 Å². The number of aromatic nitrogens is 1. The van der Waals surface area contributed by atoms with E-state index >= 15 is 0 Å². The molecule has 3 nitrogen and oxygen atoms in total. The number of aryl methyl sites for hydroxylation is 1. The van der Waals surface area contributed by atoms with Gasteiger partial charge in [-0.05, 0) is 62.9 Å². The van der Waals surface area contributed by atoms with Crippen LogP contribution in [0.15, 0.2) is 12.3 Å². The highest BCUT2D eigenvalue weighted by atomic mass is 15.2. The van der Waals surface area contributed by atoms with Gasteiger partial charge in [0.05, 0.1) is 0 Å². The van der Waals surface area contributed by atoms with E-state index in [0.29, 0.717) is 12.0 Å². The van der Waals surface area contributed by atoms with Crippen LogP contribution in [0.5, 0.6) is 0 Å². The average molecular weight is 233 g/mol. The molecule has 2 heterocycles. The molecule has 1 aromatic heterocycles. The second kappa shape index (κ2) is 4.46. The molecule has 0 bridgehead atoms. The van der Waals surface area contributed by atoms with Gasteiger partial charge in [-0.2, -0.15) is 0 Å². The molecule has 1 aromatic rings. The molecule has 94 valence electrons. The first-order valence-electron chi connectivity index (χ1n) is 6.88. The van der Waals surface area contributed by atoms with Crippen LogP contribution >= 0.6 is 0 Å². The zero-order chi connectivity index (χ0) is 11.8. The van der Waals surface area contributed by atoms with Crippen molar-refractivity contribution < 1.29 is 0 Å². The molecule has 3 rings (SSSR count). The molecule has 1 saturated heterocycles. The predicted molar refractivity (Wildman–Crippen MR) is 69.8 cm³/mol. The third kappa shape index (κ3) is 1.91. The molecule has 3 heteroatoms. The normalized spacial score (nSPS) is 29.5. The molecule has 2 N–H and O–H groups in total. The van der Waals surface area contributed by atoms with E-state index in [-0.39, 0.29) is 0 Å². The first-order valence-corrected chi connectivity index (χ1v) is 6.88. The van der Waals surface area contributed by atoms with E-state index in [2.05, 4.69) is 28.8 Å². The van der Waals surface area contributed by atoms with Crippen LogP contribution in [0.25, 0.3) is 0 Å². The van der Waals surface area contributed by atoms with Crippen molar-refractivity contribution in [3.05, 3.63) is 23.5 Å². The van der Waals surface area contributed by atoms with Crippen molar-refractivity contribution >= 4 is 0 Å². The van der Waals surface area contributed by atoms with E-state index in [4.69, 9.17) is 5.73 Å². The Kier molecular flexibility index (Phi) is 2.97. The van der Waals surface area contributed by atoms with Gasteiger partial charge in [0.2, 0.25) is 0 Å². The Balaban J connectivity index is 1.92. The minimum absolute atomic E-state index is 0.635.